The summed E-state index contributed by atoms with van der Waals surface area (Å²) in [6.07, 6.45) is 1.26. The zero-order chi connectivity index (χ0) is 12.7. The first-order valence-electron chi connectivity index (χ1n) is 6.20. The summed E-state index contributed by atoms with van der Waals surface area (Å²) in [7, 11) is 0. The Labute approximate surface area is 103 Å². The SMILES string of the molecule is CC(C)OCCCNC(C)c1cccc(F)c1. The van der Waals surface area contributed by atoms with Gasteiger partial charge in [-0.2, -0.15) is 0 Å². The highest BCUT2D eigenvalue weighted by molar-refractivity contribution is 5.19. The number of halogens is 1. The van der Waals surface area contributed by atoms with Crippen LogP contribution in [-0.4, -0.2) is 19.3 Å². The van der Waals surface area contributed by atoms with Crippen molar-refractivity contribution < 1.29 is 9.13 Å². The molecule has 0 fully saturated rings. The van der Waals surface area contributed by atoms with E-state index in [2.05, 4.69) is 5.32 Å². The normalized spacial score (nSPS) is 13.0. The van der Waals surface area contributed by atoms with Gasteiger partial charge >= 0.3 is 0 Å². The van der Waals surface area contributed by atoms with E-state index in [1.165, 1.54) is 6.07 Å². The molecule has 0 heterocycles. The number of nitrogens with one attached hydrogen (secondary N) is 1. The van der Waals surface area contributed by atoms with Crippen molar-refractivity contribution in [1.82, 2.24) is 5.32 Å². The molecule has 0 bridgehead atoms. The Bertz CT molecular complexity index is 328. The van der Waals surface area contributed by atoms with Crippen molar-refractivity contribution in [2.45, 2.75) is 39.3 Å². The van der Waals surface area contributed by atoms with Crippen LogP contribution in [0.4, 0.5) is 4.39 Å². The lowest BCUT2D eigenvalue weighted by molar-refractivity contribution is 0.0768. The fourth-order valence-electron chi connectivity index (χ4n) is 1.60. The third-order valence-corrected chi connectivity index (χ3v) is 2.57. The molecule has 2 nitrogen and oxygen atoms in total. The van der Waals surface area contributed by atoms with Crippen LogP contribution in [0.25, 0.3) is 0 Å². The van der Waals surface area contributed by atoms with Gasteiger partial charge in [0.25, 0.3) is 0 Å². The summed E-state index contributed by atoms with van der Waals surface area (Å²) < 4.78 is 18.5. The van der Waals surface area contributed by atoms with Gasteiger partial charge in [-0.3, -0.25) is 0 Å². The van der Waals surface area contributed by atoms with Crippen molar-refractivity contribution in [3.05, 3.63) is 35.6 Å². The van der Waals surface area contributed by atoms with Gasteiger partial charge in [-0.15, -0.1) is 0 Å². The van der Waals surface area contributed by atoms with Crippen LogP contribution >= 0.6 is 0 Å². The zero-order valence-corrected chi connectivity index (χ0v) is 10.9. The Morgan fingerprint density at radius 2 is 2.06 bits per heavy atom. The van der Waals surface area contributed by atoms with Crippen molar-refractivity contribution in [1.29, 1.82) is 0 Å². The van der Waals surface area contributed by atoms with Gasteiger partial charge in [0.15, 0.2) is 0 Å². The van der Waals surface area contributed by atoms with E-state index in [0.29, 0.717) is 0 Å². The van der Waals surface area contributed by atoms with Crippen molar-refractivity contribution in [2.75, 3.05) is 13.2 Å². The summed E-state index contributed by atoms with van der Waals surface area (Å²) in [5.74, 6) is -0.181. The Morgan fingerprint density at radius 3 is 2.71 bits per heavy atom. The Balaban J connectivity index is 2.23. The second-order valence-corrected chi connectivity index (χ2v) is 4.50. The van der Waals surface area contributed by atoms with Crippen LogP contribution in [0, 0.1) is 5.82 Å². The maximum atomic E-state index is 13.0. The van der Waals surface area contributed by atoms with Crippen LogP contribution in [-0.2, 0) is 4.74 Å². The van der Waals surface area contributed by atoms with Gasteiger partial charge in [-0.05, 0) is 51.4 Å². The molecule has 17 heavy (non-hydrogen) atoms. The van der Waals surface area contributed by atoms with Gasteiger partial charge in [0.2, 0.25) is 0 Å². The van der Waals surface area contributed by atoms with Crippen LogP contribution in [0.5, 0.6) is 0 Å². The first-order valence-corrected chi connectivity index (χ1v) is 6.20. The Hall–Kier alpha value is -0.930. The lowest BCUT2D eigenvalue weighted by atomic mass is 10.1. The first kappa shape index (κ1) is 14.1. The van der Waals surface area contributed by atoms with E-state index in [4.69, 9.17) is 4.74 Å². The van der Waals surface area contributed by atoms with Crippen LogP contribution in [0.1, 0.15) is 38.8 Å². The lowest BCUT2D eigenvalue weighted by Gasteiger charge is -2.14. The van der Waals surface area contributed by atoms with E-state index in [1.54, 1.807) is 12.1 Å². The average Bonchev–Trinajstić information content (AvgIpc) is 2.28. The highest BCUT2D eigenvalue weighted by atomic mass is 19.1. The molecule has 1 rings (SSSR count). The monoisotopic (exact) mass is 239 g/mol. The van der Waals surface area contributed by atoms with Crippen molar-refractivity contribution in [3.63, 3.8) is 0 Å². The van der Waals surface area contributed by atoms with E-state index in [1.807, 2.05) is 26.8 Å². The van der Waals surface area contributed by atoms with Crippen molar-refractivity contribution in [2.24, 2.45) is 0 Å². The second kappa shape index (κ2) is 7.41. The second-order valence-electron chi connectivity index (χ2n) is 4.50. The molecule has 0 aromatic heterocycles. The lowest BCUT2D eigenvalue weighted by Crippen LogP contribution is -2.21. The Kier molecular flexibility index (Phi) is 6.16. The van der Waals surface area contributed by atoms with Gasteiger partial charge in [0.05, 0.1) is 6.10 Å². The number of hydrogen-bond acceptors (Lipinski definition) is 2. The topological polar surface area (TPSA) is 21.3 Å². The molecule has 0 aliphatic carbocycles. The third-order valence-electron chi connectivity index (χ3n) is 2.57. The largest absolute Gasteiger partial charge is 0.379 e. The molecule has 0 amide bonds. The molecule has 1 atom stereocenters. The molecular weight excluding hydrogens is 217 g/mol. The molecule has 0 saturated carbocycles. The molecule has 0 spiro atoms. The summed E-state index contributed by atoms with van der Waals surface area (Å²) in [5.41, 5.74) is 0.981. The summed E-state index contributed by atoms with van der Waals surface area (Å²) in [4.78, 5) is 0. The van der Waals surface area contributed by atoms with E-state index in [9.17, 15) is 4.39 Å². The number of ether oxygens (including phenoxy) is 1. The minimum Gasteiger partial charge on any atom is -0.379 e. The van der Waals surface area contributed by atoms with Gasteiger partial charge in [0.1, 0.15) is 5.82 Å². The maximum Gasteiger partial charge on any atom is 0.123 e. The first-order chi connectivity index (χ1) is 8.09. The van der Waals surface area contributed by atoms with Gasteiger partial charge in [-0.1, -0.05) is 12.1 Å². The number of benzene rings is 1. The summed E-state index contributed by atoms with van der Waals surface area (Å²) in [6.45, 7) is 7.74. The fourth-order valence-corrected chi connectivity index (χ4v) is 1.60. The molecule has 1 aromatic carbocycles. The molecule has 0 saturated heterocycles. The maximum absolute atomic E-state index is 13.0. The molecule has 1 aromatic rings. The number of hydrogen-bond donors (Lipinski definition) is 1. The highest BCUT2D eigenvalue weighted by Crippen LogP contribution is 2.13. The predicted octanol–water partition coefficient (Wildman–Crippen LogP) is 3.29. The minimum atomic E-state index is -0.181. The quantitative estimate of drug-likeness (QED) is 0.737. The van der Waals surface area contributed by atoms with Crippen LogP contribution in [0.15, 0.2) is 24.3 Å². The molecule has 1 unspecified atom stereocenters. The van der Waals surface area contributed by atoms with Crippen LogP contribution in [0.2, 0.25) is 0 Å². The van der Waals surface area contributed by atoms with Gasteiger partial charge < -0.3 is 10.1 Å². The van der Waals surface area contributed by atoms with E-state index >= 15 is 0 Å². The molecule has 0 aliphatic rings. The molecule has 96 valence electrons. The fraction of sp³-hybridized carbons (Fsp3) is 0.571. The predicted molar refractivity (Wildman–Crippen MR) is 68.5 cm³/mol. The van der Waals surface area contributed by atoms with E-state index in [-0.39, 0.29) is 18.0 Å². The molecule has 0 radical (unpaired) electrons. The van der Waals surface area contributed by atoms with Crippen LogP contribution < -0.4 is 5.32 Å². The van der Waals surface area contributed by atoms with Crippen LogP contribution in [0.3, 0.4) is 0 Å². The average molecular weight is 239 g/mol. The summed E-state index contributed by atoms with van der Waals surface area (Å²) in [6, 6.07) is 6.88. The molecule has 3 heteroatoms. The summed E-state index contributed by atoms with van der Waals surface area (Å²) in [5, 5.41) is 3.35. The third kappa shape index (κ3) is 5.80. The number of rotatable bonds is 7. The van der Waals surface area contributed by atoms with Gasteiger partial charge in [0, 0.05) is 12.6 Å². The highest BCUT2D eigenvalue weighted by Gasteiger charge is 2.04. The summed E-state index contributed by atoms with van der Waals surface area (Å²) >= 11 is 0. The van der Waals surface area contributed by atoms with Gasteiger partial charge in [-0.25, -0.2) is 4.39 Å². The molecular formula is C14H22FNO. The van der Waals surface area contributed by atoms with Crippen molar-refractivity contribution in [3.8, 4) is 0 Å². The van der Waals surface area contributed by atoms with E-state index in [0.717, 1.165) is 25.1 Å². The van der Waals surface area contributed by atoms with E-state index < -0.39 is 0 Å². The molecule has 0 aliphatic heterocycles. The zero-order valence-electron chi connectivity index (χ0n) is 10.9. The molecule has 1 N–H and O–H groups in total. The van der Waals surface area contributed by atoms with Crippen molar-refractivity contribution >= 4 is 0 Å². The smallest absolute Gasteiger partial charge is 0.123 e. The Morgan fingerprint density at radius 1 is 1.29 bits per heavy atom. The minimum absolute atomic E-state index is 0.171. The standard InChI is InChI=1S/C14H22FNO/c1-11(2)17-9-5-8-16-12(3)13-6-4-7-14(15)10-13/h4,6-7,10-12,16H,5,8-9H2,1-3H3.